The van der Waals surface area contributed by atoms with Crippen molar-refractivity contribution < 1.29 is 0 Å². The maximum Gasteiger partial charge on any atom is 0.155 e. The van der Waals surface area contributed by atoms with E-state index >= 15 is 0 Å². The number of aromatic nitrogens is 3. The van der Waals surface area contributed by atoms with Crippen molar-refractivity contribution in [2.75, 3.05) is 0 Å². The standard InChI is InChI=1S/C10H7N3S/c1-2-9(14-5-1)8-7-13-4-3-11-10(13)6-12-8/h1-7H. The zero-order valence-electron chi connectivity index (χ0n) is 7.29. The second-order valence-electron chi connectivity index (χ2n) is 2.94. The van der Waals surface area contributed by atoms with E-state index in [9.17, 15) is 0 Å². The molecule has 0 N–H and O–H groups in total. The van der Waals surface area contributed by atoms with Gasteiger partial charge in [0.1, 0.15) is 0 Å². The van der Waals surface area contributed by atoms with Crippen molar-refractivity contribution in [3.63, 3.8) is 0 Å². The number of fused-ring (bicyclic) bond motifs is 1. The molecule has 0 unspecified atom stereocenters. The van der Waals surface area contributed by atoms with E-state index in [0.717, 1.165) is 11.3 Å². The lowest BCUT2D eigenvalue weighted by atomic mass is 10.3. The summed E-state index contributed by atoms with van der Waals surface area (Å²) in [6.07, 6.45) is 7.48. The van der Waals surface area contributed by atoms with Crippen LogP contribution in [0.15, 0.2) is 42.3 Å². The second kappa shape index (κ2) is 2.92. The minimum absolute atomic E-state index is 0.880. The third-order valence-corrected chi connectivity index (χ3v) is 2.95. The van der Waals surface area contributed by atoms with Crippen molar-refractivity contribution in [1.29, 1.82) is 0 Å². The van der Waals surface area contributed by atoms with Gasteiger partial charge in [-0.3, -0.25) is 0 Å². The summed E-state index contributed by atoms with van der Waals surface area (Å²) in [6, 6.07) is 4.09. The monoisotopic (exact) mass is 201 g/mol. The van der Waals surface area contributed by atoms with Crippen LogP contribution in [0.2, 0.25) is 0 Å². The van der Waals surface area contributed by atoms with Crippen LogP contribution in [0.4, 0.5) is 0 Å². The Balaban J connectivity index is 2.23. The molecule has 0 aliphatic carbocycles. The van der Waals surface area contributed by atoms with E-state index in [1.165, 1.54) is 4.88 Å². The summed E-state index contributed by atoms with van der Waals surface area (Å²) in [4.78, 5) is 9.67. The summed E-state index contributed by atoms with van der Waals surface area (Å²) in [7, 11) is 0. The molecule has 0 amide bonds. The number of imidazole rings is 1. The molecule has 0 saturated heterocycles. The van der Waals surface area contributed by atoms with Gasteiger partial charge < -0.3 is 4.40 Å². The van der Waals surface area contributed by atoms with Crippen LogP contribution in [-0.4, -0.2) is 14.4 Å². The van der Waals surface area contributed by atoms with Crippen molar-refractivity contribution in [3.8, 4) is 10.6 Å². The number of hydrogen-bond acceptors (Lipinski definition) is 3. The molecule has 0 aromatic carbocycles. The molecule has 0 spiro atoms. The fourth-order valence-corrected chi connectivity index (χ4v) is 2.06. The first kappa shape index (κ1) is 7.70. The van der Waals surface area contributed by atoms with E-state index in [1.54, 1.807) is 23.7 Å². The van der Waals surface area contributed by atoms with E-state index in [4.69, 9.17) is 0 Å². The van der Waals surface area contributed by atoms with Crippen molar-refractivity contribution in [2.45, 2.75) is 0 Å². The van der Waals surface area contributed by atoms with E-state index in [1.807, 2.05) is 22.9 Å². The Bertz CT molecular complexity index is 554. The van der Waals surface area contributed by atoms with Gasteiger partial charge in [-0.1, -0.05) is 6.07 Å². The van der Waals surface area contributed by atoms with Gasteiger partial charge in [0.05, 0.1) is 16.8 Å². The summed E-state index contributed by atoms with van der Waals surface area (Å²) >= 11 is 1.69. The molecule has 0 bridgehead atoms. The molecule has 3 nitrogen and oxygen atoms in total. The number of nitrogens with zero attached hydrogens (tertiary/aromatic N) is 3. The Morgan fingerprint density at radius 2 is 2.29 bits per heavy atom. The summed E-state index contributed by atoms with van der Waals surface area (Å²) in [5, 5.41) is 2.05. The quantitative estimate of drug-likeness (QED) is 0.605. The van der Waals surface area contributed by atoms with Crippen LogP contribution in [0.3, 0.4) is 0 Å². The van der Waals surface area contributed by atoms with Crippen LogP contribution in [0, 0.1) is 0 Å². The molecule has 0 aliphatic heterocycles. The van der Waals surface area contributed by atoms with Crippen LogP contribution < -0.4 is 0 Å². The topological polar surface area (TPSA) is 30.2 Å². The highest BCUT2D eigenvalue weighted by Gasteiger charge is 2.01. The molecule has 14 heavy (non-hydrogen) atoms. The van der Waals surface area contributed by atoms with Crippen molar-refractivity contribution >= 4 is 17.0 Å². The second-order valence-corrected chi connectivity index (χ2v) is 3.89. The third-order valence-electron chi connectivity index (χ3n) is 2.05. The summed E-state index contributed by atoms with van der Waals surface area (Å²) < 4.78 is 1.97. The van der Waals surface area contributed by atoms with Gasteiger partial charge >= 0.3 is 0 Å². The maximum atomic E-state index is 4.35. The van der Waals surface area contributed by atoms with Crippen LogP contribution >= 0.6 is 11.3 Å². The molecule has 0 radical (unpaired) electrons. The molecule has 0 fully saturated rings. The minimum Gasteiger partial charge on any atom is -0.304 e. The molecule has 0 aliphatic rings. The molecule has 3 aromatic heterocycles. The summed E-state index contributed by atoms with van der Waals surface area (Å²) in [5.41, 5.74) is 1.87. The Hall–Kier alpha value is -1.68. The zero-order chi connectivity index (χ0) is 9.38. The predicted molar refractivity (Wildman–Crippen MR) is 56.3 cm³/mol. The average Bonchev–Trinajstić information content (AvgIpc) is 2.88. The van der Waals surface area contributed by atoms with E-state index < -0.39 is 0 Å². The number of hydrogen-bond donors (Lipinski definition) is 0. The maximum absolute atomic E-state index is 4.35. The lowest BCUT2D eigenvalue weighted by Crippen LogP contribution is -1.87. The number of rotatable bonds is 1. The fourth-order valence-electron chi connectivity index (χ4n) is 1.38. The van der Waals surface area contributed by atoms with Crippen molar-refractivity contribution in [1.82, 2.24) is 14.4 Å². The smallest absolute Gasteiger partial charge is 0.155 e. The van der Waals surface area contributed by atoms with Gasteiger partial charge in [0.2, 0.25) is 0 Å². The Labute approximate surface area is 84.7 Å². The van der Waals surface area contributed by atoms with Crippen molar-refractivity contribution in [3.05, 3.63) is 42.3 Å². The van der Waals surface area contributed by atoms with Crippen LogP contribution in [0.5, 0.6) is 0 Å². The average molecular weight is 201 g/mol. The van der Waals surface area contributed by atoms with Crippen molar-refractivity contribution in [2.24, 2.45) is 0 Å². The van der Waals surface area contributed by atoms with Crippen LogP contribution in [0.25, 0.3) is 16.2 Å². The predicted octanol–water partition coefficient (Wildman–Crippen LogP) is 2.46. The first-order valence-corrected chi connectivity index (χ1v) is 5.14. The highest BCUT2D eigenvalue weighted by atomic mass is 32.1. The van der Waals surface area contributed by atoms with Gasteiger partial charge in [-0.15, -0.1) is 11.3 Å². The molecule has 3 heterocycles. The largest absolute Gasteiger partial charge is 0.304 e. The van der Waals surface area contributed by atoms with Gasteiger partial charge in [0.25, 0.3) is 0 Å². The van der Waals surface area contributed by atoms with Gasteiger partial charge in [0.15, 0.2) is 5.65 Å². The molecule has 3 rings (SSSR count). The normalized spacial score (nSPS) is 10.9. The molecule has 3 aromatic rings. The van der Waals surface area contributed by atoms with E-state index in [0.29, 0.717) is 0 Å². The molecule has 0 saturated carbocycles. The first-order valence-electron chi connectivity index (χ1n) is 4.26. The first-order chi connectivity index (χ1) is 6.93. The Morgan fingerprint density at radius 1 is 1.29 bits per heavy atom. The molecule has 0 atom stereocenters. The summed E-state index contributed by atoms with van der Waals surface area (Å²) in [5.74, 6) is 0. The lowest BCUT2D eigenvalue weighted by Gasteiger charge is -1.97. The third kappa shape index (κ3) is 1.12. The Kier molecular flexibility index (Phi) is 1.61. The highest BCUT2D eigenvalue weighted by Crippen LogP contribution is 2.22. The van der Waals surface area contributed by atoms with Gasteiger partial charge in [-0.05, 0) is 11.4 Å². The highest BCUT2D eigenvalue weighted by molar-refractivity contribution is 7.13. The summed E-state index contributed by atoms with van der Waals surface area (Å²) in [6.45, 7) is 0. The zero-order valence-corrected chi connectivity index (χ0v) is 8.11. The number of thiophene rings is 1. The van der Waals surface area contributed by atoms with Crippen LogP contribution in [-0.2, 0) is 0 Å². The van der Waals surface area contributed by atoms with Crippen LogP contribution in [0.1, 0.15) is 0 Å². The molecular weight excluding hydrogens is 194 g/mol. The SMILES string of the molecule is c1csc(-c2cn3ccnc3cn2)c1. The van der Waals surface area contributed by atoms with Gasteiger partial charge in [-0.2, -0.15) is 0 Å². The van der Waals surface area contributed by atoms with Gasteiger partial charge in [-0.25, -0.2) is 9.97 Å². The van der Waals surface area contributed by atoms with E-state index in [2.05, 4.69) is 21.4 Å². The lowest BCUT2D eigenvalue weighted by molar-refractivity contribution is 1.13. The molecular formula is C10H7N3S. The minimum atomic E-state index is 0.880. The van der Waals surface area contributed by atoms with Gasteiger partial charge in [0, 0.05) is 18.6 Å². The fraction of sp³-hybridized carbons (Fsp3) is 0. The molecule has 68 valence electrons. The molecule has 4 heteroatoms. The van der Waals surface area contributed by atoms with E-state index in [-0.39, 0.29) is 0 Å². The Morgan fingerprint density at radius 3 is 3.14 bits per heavy atom.